The van der Waals surface area contributed by atoms with Gasteiger partial charge in [-0.3, -0.25) is 0 Å². The summed E-state index contributed by atoms with van der Waals surface area (Å²) < 4.78 is 5.28. The van der Waals surface area contributed by atoms with Crippen molar-refractivity contribution in [3.63, 3.8) is 0 Å². The number of ether oxygens (including phenoxy) is 1. The molecule has 0 saturated carbocycles. The number of nitrogens with one attached hydrogen (secondary N) is 2. The molecular weight excluding hydrogens is 364 g/mol. The summed E-state index contributed by atoms with van der Waals surface area (Å²) in [7, 11) is 3.84. The summed E-state index contributed by atoms with van der Waals surface area (Å²) in [4.78, 5) is 17.0. The molecule has 1 heterocycles. The Labute approximate surface area is 173 Å². The zero-order chi connectivity index (χ0) is 20.5. The van der Waals surface area contributed by atoms with Gasteiger partial charge in [0.25, 0.3) is 0 Å². The Morgan fingerprint density at radius 2 is 1.76 bits per heavy atom. The molecule has 156 valence electrons. The molecule has 1 aliphatic heterocycles. The highest BCUT2D eigenvalue weighted by Gasteiger charge is 2.12. The zero-order valence-electron chi connectivity index (χ0n) is 17.5. The number of nitrogens with zero attached hydrogens (tertiary/aromatic N) is 2. The lowest BCUT2D eigenvalue weighted by atomic mass is 10.1. The van der Waals surface area contributed by atoms with Crippen molar-refractivity contribution in [3.05, 3.63) is 48.5 Å². The Balaban J connectivity index is 1.36. The molecule has 0 bridgehead atoms. The van der Waals surface area contributed by atoms with Crippen LogP contribution in [0.4, 0.5) is 10.5 Å². The van der Waals surface area contributed by atoms with Gasteiger partial charge < -0.3 is 25.2 Å². The Morgan fingerprint density at radius 3 is 2.48 bits per heavy atom. The van der Waals surface area contributed by atoms with Gasteiger partial charge in [-0.2, -0.15) is 0 Å². The number of unbranched alkanes of at least 4 members (excludes halogenated alkanes) is 1. The van der Waals surface area contributed by atoms with Crippen LogP contribution in [-0.2, 0) is 0 Å². The minimum Gasteiger partial charge on any atom is -0.497 e. The van der Waals surface area contributed by atoms with Gasteiger partial charge in [0.1, 0.15) is 5.75 Å². The van der Waals surface area contributed by atoms with Crippen LogP contribution in [0.2, 0.25) is 0 Å². The van der Waals surface area contributed by atoms with E-state index in [1.165, 1.54) is 0 Å². The first-order valence-corrected chi connectivity index (χ1v) is 10.3. The predicted molar refractivity (Wildman–Crippen MR) is 119 cm³/mol. The largest absolute Gasteiger partial charge is 0.497 e. The number of hydrogen-bond acceptors (Lipinski definition) is 4. The van der Waals surface area contributed by atoms with Crippen LogP contribution < -0.4 is 15.4 Å². The number of carbonyl (C=O) groups is 1. The smallest absolute Gasteiger partial charge is 0.319 e. The number of carbonyl (C=O) groups excluding carboxylic acids is 1. The highest BCUT2D eigenvalue weighted by atomic mass is 16.5. The van der Waals surface area contributed by atoms with Crippen molar-refractivity contribution in [1.82, 2.24) is 15.1 Å². The highest BCUT2D eigenvalue weighted by molar-refractivity contribution is 5.89. The van der Waals surface area contributed by atoms with Crippen LogP contribution in [0.3, 0.4) is 0 Å². The fourth-order valence-corrected chi connectivity index (χ4v) is 3.46. The number of rotatable bonds is 8. The van der Waals surface area contributed by atoms with Crippen LogP contribution in [0, 0.1) is 0 Å². The number of benzene rings is 2. The topological polar surface area (TPSA) is 56.8 Å². The van der Waals surface area contributed by atoms with Gasteiger partial charge in [0, 0.05) is 38.4 Å². The van der Waals surface area contributed by atoms with E-state index in [0.717, 1.165) is 68.1 Å². The Morgan fingerprint density at radius 1 is 1.00 bits per heavy atom. The maximum Gasteiger partial charge on any atom is 0.319 e. The number of urea groups is 1. The van der Waals surface area contributed by atoms with Gasteiger partial charge in [-0.15, -0.1) is 0 Å². The quantitative estimate of drug-likeness (QED) is 0.671. The van der Waals surface area contributed by atoms with E-state index >= 15 is 0 Å². The van der Waals surface area contributed by atoms with Gasteiger partial charge in [0.2, 0.25) is 0 Å². The molecule has 1 aliphatic rings. The molecule has 29 heavy (non-hydrogen) atoms. The number of anilines is 1. The summed E-state index contributed by atoms with van der Waals surface area (Å²) in [5, 5.41) is 5.84. The van der Waals surface area contributed by atoms with Crippen molar-refractivity contribution in [1.29, 1.82) is 0 Å². The molecule has 0 atom stereocenters. The average Bonchev–Trinajstić information content (AvgIpc) is 2.75. The number of piperazine rings is 1. The van der Waals surface area contributed by atoms with Gasteiger partial charge in [0.05, 0.1) is 7.11 Å². The standard InChI is InChI=1S/C23H32N4O2/c1-26-14-16-27(17-15-26)13-4-3-12-24-23(28)25-21-10-8-19(9-11-21)20-6-5-7-22(18-20)29-2/h5-11,18H,3-4,12-17H2,1-2H3,(H2,24,25,28). The van der Waals surface area contributed by atoms with E-state index in [1.54, 1.807) is 7.11 Å². The molecule has 0 radical (unpaired) electrons. The maximum atomic E-state index is 12.1. The lowest BCUT2D eigenvalue weighted by Gasteiger charge is -2.32. The second-order valence-corrected chi connectivity index (χ2v) is 7.54. The summed E-state index contributed by atoms with van der Waals surface area (Å²) >= 11 is 0. The minimum absolute atomic E-state index is 0.154. The molecule has 3 rings (SSSR count). The van der Waals surface area contributed by atoms with Gasteiger partial charge >= 0.3 is 6.03 Å². The molecule has 6 heteroatoms. The van der Waals surface area contributed by atoms with Crippen molar-refractivity contribution in [2.24, 2.45) is 0 Å². The number of hydrogen-bond donors (Lipinski definition) is 2. The van der Waals surface area contributed by atoms with E-state index in [1.807, 2.05) is 48.5 Å². The minimum atomic E-state index is -0.154. The van der Waals surface area contributed by atoms with Gasteiger partial charge in [-0.05, 0) is 61.8 Å². The van der Waals surface area contributed by atoms with Crippen LogP contribution in [0.25, 0.3) is 11.1 Å². The van der Waals surface area contributed by atoms with E-state index < -0.39 is 0 Å². The lowest BCUT2D eigenvalue weighted by molar-refractivity contribution is 0.152. The van der Waals surface area contributed by atoms with Crippen molar-refractivity contribution >= 4 is 11.7 Å². The average molecular weight is 397 g/mol. The Bertz CT molecular complexity index is 771. The first kappa shape index (κ1) is 21.1. The first-order valence-electron chi connectivity index (χ1n) is 10.3. The molecule has 1 saturated heterocycles. The molecule has 2 amide bonds. The summed E-state index contributed by atoms with van der Waals surface area (Å²) in [5.74, 6) is 0.830. The number of methoxy groups -OCH3 is 1. The van der Waals surface area contributed by atoms with E-state index in [2.05, 4.69) is 27.5 Å². The summed E-state index contributed by atoms with van der Waals surface area (Å²) in [6.45, 7) is 6.41. The predicted octanol–water partition coefficient (Wildman–Crippen LogP) is 3.51. The molecule has 2 aromatic carbocycles. The summed E-state index contributed by atoms with van der Waals surface area (Å²) in [6, 6.07) is 15.6. The Hall–Kier alpha value is -2.57. The fourth-order valence-electron chi connectivity index (χ4n) is 3.46. The summed E-state index contributed by atoms with van der Waals surface area (Å²) in [5.41, 5.74) is 2.95. The van der Waals surface area contributed by atoms with E-state index in [-0.39, 0.29) is 6.03 Å². The molecule has 6 nitrogen and oxygen atoms in total. The third-order valence-corrected chi connectivity index (χ3v) is 5.33. The second-order valence-electron chi connectivity index (χ2n) is 7.54. The van der Waals surface area contributed by atoms with Crippen molar-refractivity contribution in [2.75, 3.05) is 58.7 Å². The van der Waals surface area contributed by atoms with E-state index in [4.69, 9.17) is 4.74 Å². The normalized spacial score (nSPS) is 15.1. The molecule has 2 N–H and O–H groups in total. The van der Waals surface area contributed by atoms with Crippen LogP contribution in [0.5, 0.6) is 5.75 Å². The van der Waals surface area contributed by atoms with Gasteiger partial charge in [-0.25, -0.2) is 4.79 Å². The van der Waals surface area contributed by atoms with Crippen molar-refractivity contribution in [2.45, 2.75) is 12.8 Å². The molecule has 0 aromatic heterocycles. The van der Waals surface area contributed by atoms with Crippen LogP contribution >= 0.6 is 0 Å². The van der Waals surface area contributed by atoms with Gasteiger partial charge in [0.15, 0.2) is 0 Å². The van der Waals surface area contributed by atoms with Crippen LogP contribution in [0.1, 0.15) is 12.8 Å². The fraction of sp³-hybridized carbons (Fsp3) is 0.435. The monoisotopic (exact) mass is 396 g/mol. The second kappa shape index (κ2) is 10.8. The molecule has 0 aliphatic carbocycles. The van der Waals surface area contributed by atoms with E-state index in [9.17, 15) is 4.79 Å². The molecule has 0 unspecified atom stereocenters. The highest BCUT2D eigenvalue weighted by Crippen LogP contribution is 2.25. The number of likely N-dealkylation sites (N-methyl/N-ethyl adjacent to an activating group) is 1. The molecular formula is C23H32N4O2. The zero-order valence-corrected chi connectivity index (χ0v) is 17.5. The maximum absolute atomic E-state index is 12.1. The van der Waals surface area contributed by atoms with Gasteiger partial charge in [-0.1, -0.05) is 24.3 Å². The van der Waals surface area contributed by atoms with Crippen molar-refractivity contribution < 1.29 is 9.53 Å². The molecule has 2 aromatic rings. The summed E-state index contributed by atoms with van der Waals surface area (Å²) in [6.07, 6.45) is 2.10. The third-order valence-electron chi connectivity index (χ3n) is 5.33. The first-order chi connectivity index (χ1) is 14.1. The van der Waals surface area contributed by atoms with Crippen LogP contribution in [-0.4, -0.2) is 69.3 Å². The molecule has 0 spiro atoms. The SMILES string of the molecule is COc1cccc(-c2ccc(NC(=O)NCCCCN3CCN(C)CC3)cc2)c1. The third kappa shape index (κ3) is 6.76. The Kier molecular flexibility index (Phi) is 7.90. The van der Waals surface area contributed by atoms with Crippen molar-refractivity contribution in [3.8, 4) is 16.9 Å². The number of amides is 2. The lowest BCUT2D eigenvalue weighted by Crippen LogP contribution is -2.44. The molecule has 1 fully saturated rings. The van der Waals surface area contributed by atoms with Crippen LogP contribution in [0.15, 0.2) is 48.5 Å². The van der Waals surface area contributed by atoms with E-state index in [0.29, 0.717) is 6.54 Å².